The van der Waals surface area contributed by atoms with E-state index in [2.05, 4.69) is 5.32 Å². The number of nitrogens with one attached hydrogen (secondary N) is 1. The Hall–Kier alpha value is -1.42. The van der Waals surface area contributed by atoms with Crippen LogP contribution in [0.3, 0.4) is 0 Å². The third kappa shape index (κ3) is 4.11. The maximum atomic E-state index is 13.3. The second-order valence-electron chi connectivity index (χ2n) is 4.76. The zero-order chi connectivity index (χ0) is 13.6. The lowest BCUT2D eigenvalue weighted by atomic mass is 9.96. The van der Waals surface area contributed by atoms with Crippen molar-refractivity contribution in [3.05, 3.63) is 35.6 Å². The van der Waals surface area contributed by atoms with Gasteiger partial charge in [-0.2, -0.15) is 0 Å². The highest BCUT2D eigenvalue weighted by atomic mass is 19.1. The second-order valence-corrected chi connectivity index (χ2v) is 4.76. The van der Waals surface area contributed by atoms with E-state index in [-0.39, 0.29) is 11.7 Å². The highest BCUT2D eigenvalue weighted by molar-refractivity contribution is 5.85. The first-order valence-corrected chi connectivity index (χ1v) is 6.28. The first-order chi connectivity index (χ1) is 8.47. The first-order valence-electron chi connectivity index (χ1n) is 6.28. The van der Waals surface area contributed by atoms with Gasteiger partial charge in [0.2, 0.25) is 5.91 Å². The molecule has 18 heavy (non-hydrogen) atoms. The predicted molar refractivity (Wildman–Crippen MR) is 70.6 cm³/mol. The Morgan fingerprint density at radius 3 is 2.72 bits per heavy atom. The van der Waals surface area contributed by atoms with Crippen molar-refractivity contribution in [3.8, 4) is 0 Å². The number of rotatable bonds is 6. The molecule has 1 amide bonds. The molecule has 1 atom stereocenters. The van der Waals surface area contributed by atoms with Crippen LogP contribution < -0.4 is 11.1 Å². The van der Waals surface area contributed by atoms with Gasteiger partial charge in [-0.1, -0.05) is 31.5 Å². The number of nitrogens with two attached hydrogens (primary N) is 1. The van der Waals surface area contributed by atoms with E-state index in [1.807, 2.05) is 6.92 Å². The number of carbonyl (C=O) groups excluding carboxylic acids is 1. The van der Waals surface area contributed by atoms with Crippen LogP contribution in [0.1, 0.15) is 32.3 Å². The van der Waals surface area contributed by atoms with Crippen LogP contribution in [-0.2, 0) is 11.2 Å². The minimum absolute atomic E-state index is 0.180. The molecule has 1 aromatic carbocycles. The van der Waals surface area contributed by atoms with Gasteiger partial charge >= 0.3 is 0 Å². The molecule has 0 bridgehead atoms. The van der Waals surface area contributed by atoms with Crippen LogP contribution in [0.5, 0.6) is 0 Å². The van der Waals surface area contributed by atoms with Crippen LogP contribution in [0, 0.1) is 5.82 Å². The van der Waals surface area contributed by atoms with Crippen molar-refractivity contribution in [2.45, 2.75) is 38.6 Å². The van der Waals surface area contributed by atoms with Crippen LogP contribution in [0.4, 0.5) is 4.39 Å². The van der Waals surface area contributed by atoms with Crippen molar-refractivity contribution >= 4 is 5.91 Å². The van der Waals surface area contributed by atoms with E-state index < -0.39 is 5.54 Å². The van der Waals surface area contributed by atoms with Gasteiger partial charge in [0.15, 0.2) is 0 Å². The van der Waals surface area contributed by atoms with Crippen LogP contribution >= 0.6 is 0 Å². The summed E-state index contributed by atoms with van der Waals surface area (Å²) in [5, 5.41) is 2.75. The van der Waals surface area contributed by atoms with Gasteiger partial charge in [0, 0.05) is 6.54 Å². The molecule has 1 aromatic rings. The van der Waals surface area contributed by atoms with E-state index >= 15 is 0 Å². The summed E-state index contributed by atoms with van der Waals surface area (Å²) in [6.07, 6.45) is 1.97. The van der Waals surface area contributed by atoms with Crippen molar-refractivity contribution in [3.63, 3.8) is 0 Å². The van der Waals surface area contributed by atoms with Crippen molar-refractivity contribution in [1.29, 1.82) is 0 Å². The fraction of sp³-hybridized carbons (Fsp3) is 0.500. The van der Waals surface area contributed by atoms with Gasteiger partial charge in [-0.25, -0.2) is 4.39 Å². The van der Waals surface area contributed by atoms with Gasteiger partial charge in [0.05, 0.1) is 5.54 Å². The summed E-state index contributed by atoms with van der Waals surface area (Å²) in [5.74, 6) is -0.420. The number of benzene rings is 1. The zero-order valence-electron chi connectivity index (χ0n) is 11.0. The standard InChI is InChI=1S/C14H21FN2O/c1-3-9-14(2,16)13(18)17-10-8-11-6-4-5-7-12(11)15/h4-7H,3,8-10,16H2,1-2H3,(H,17,18). The normalized spacial score (nSPS) is 14.0. The molecule has 0 heterocycles. The molecule has 0 aliphatic heterocycles. The Morgan fingerprint density at radius 1 is 1.44 bits per heavy atom. The van der Waals surface area contributed by atoms with E-state index in [4.69, 9.17) is 5.73 Å². The summed E-state index contributed by atoms with van der Waals surface area (Å²) in [4.78, 5) is 11.8. The molecular weight excluding hydrogens is 231 g/mol. The summed E-state index contributed by atoms with van der Waals surface area (Å²) >= 11 is 0. The van der Waals surface area contributed by atoms with E-state index in [0.717, 1.165) is 6.42 Å². The molecule has 0 fully saturated rings. The van der Waals surface area contributed by atoms with Crippen molar-refractivity contribution in [1.82, 2.24) is 5.32 Å². The number of amides is 1. The van der Waals surface area contributed by atoms with Crippen molar-refractivity contribution in [2.75, 3.05) is 6.54 Å². The second kappa shape index (κ2) is 6.50. The van der Waals surface area contributed by atoms with Crippen molar-refractivity contribution < 1.29 is 9.18 Å². The van der Waals surface area contributed by atoms with E-state index in [1.165, 1.54) is 6.07 Å². The van der Waals surface area contributed by atoms with Gasteiger partial charge in [-0.3, -0.25) is 4.79 Å². The summed E-state index contributed by atoms with van der Waals surface area (Å²) in [6.45, 7) is 4.10. The van der Waals surface area contributed by atoms with Crippen LogP contribution in [-0.4, -0.2) is 18.0 Å². The lowest BCUT2D eigenvalue weighted by molar-refractivity contribution is -0.126. The third-order valence-corrected chi connectivity index (χ3v) is 2.93. The van der Waals surface area contributed by atoms with E-state index in [9.17, 15) is 9.18 Å². The minimum Gasteiger partial charge on any atom is -0.354 e. The van der Waals surface area contributed by atoms with Crippen LogP contribution in [0.25, 0.3) is 0 Å². The monoisotopic (exact) mass is 252 g/mol. The number of halogens is 1. The fourth-order valence-corrected chi connectivity index (χ4v) is 1.85. The van der Waals surface area contributed by atoms with Crippen molar-refractivity contribution in [2.24, 2.45) is 5.73 Å². The Bertz CT molecular complexity index is 405. The molecule has 0 aliphatic rings. The minimum atomic E-state index is -0.843. The van der Waals surface area contributed by atoms with E-state index in [0.29, 0.717) is 24.9 Å². The van der Waals surface area contributed by atoms with Gasteiger partial charge in [0.1, 0.15) is 5.82 Å². The summed E-state index contributed by atoms with van der Waals surface area (Å²) in [5.41, 5.74) is 5.65. The predicted octanol–water partition coefficient (Wildman–Crippen LogP) is 2.00. The van der Waals surface area contributed by atoms with Gasteiger partial charge in [0.25, 0.3) is 0 Å². The molecule has 0 radical (unpaired) electrons. The SMILES string of the molecule is CCCC(C)(N)C(=O)NCCc1ccccc1F. The largest absolute Gasteiger partial charge is 0.354 e. The third-order valence-electron chi connectivity index (χ3n) is 2.93. The van der Waals surface area contributed by atoms with E-state index in [1.54, 1.807) is 25.1 Å². The Kier molecular flexibility index (Phi) is 5.28. The smallest absolute Gasteiger partial charge is 0.239 e. The number of carbonyl (C=O) groups is 1. The molecule has 3 nitrogen and oxygen atoms in total. The average molecular weight is 252 g/mol. The van der Waals surface area contributed by atoms with Gasteiger partial charge in [-0.15, -0.1) is 0 Å². The highest BCUT2D eigenvalue weighted by Crippen LogP contribution is 2.09. The zero-order valence-corrected chi connectivity index (χ0v) is 11.0. The quantitative estimate of drug-likeness (QED) is 0.813. The molecular formula is C14H21FN2O. The maximum absolute atomic E-state index is 13.3. The molecule has 4 heteroatoms. The molecule has 0 aliphatic carbocycles. The van der Waals surface area contributed by atoms with Crippen LogP contribution in [0.15, 0.2) is 24.3 Å². The van der Waals surface area contributed by atoms with Gasteiger partial charge in [-0.05, 0) is 31.4 Å². The number of hydrogen-bond donors (Lipinski definition) is 2. The lowest BCUT2D eigenvalue weighted by Crippen LogP contribution is -2.51. The molecule has 3 N–H and O–H groups in total. The summed E-state index contributed by atoms with van der Waals surface area (Å²) in [6, 6.07) is 6.57. The summed E-state index contributed by atoms with van der Waals surface area (Å²) in [7, 11) is 0. The van der Waals surface area contributed by atoms with Gasteiger partial charge < -0.3 is 11.1 Å². The topological polar surface area (TPSA) is 55.1 Å². The Balaban J connectivity index is 2.43. The fourth-order valence-electron chi connectivity index (χ4n) is 1.85. The summed E-state index contributed by atoms with van der Waals surface area (Å²) < 4.78 is 13.3. The molecule has 0 aromatic heterocycles. The first kappa shape index (κ1) is 14.6. The Labute approximate surface area is 108 Å². The molecule has 0 spiro atoms. The molecule has 1 rings (SSSR count). The Morgan fingerprint density at radius 2 is 2.11 bits per heavy atom. The van der Waals surface area contributed by atoms with Crippen LogP contribution in [0.2, 0.25) is 0 Å². The molecule has 1 unspecified atom stereocenters. The lowest BCUT2D eigenvalue weighted by Gasteiger charge is -2.22. The molecule has 100 valence electrons. The average Bonchev–Trinajstić information content (AvgIpc) is 2.31. The molecule has 0 saturated carbocycles. The maximum Gasteiger partial charge on any atom is 0.239 e. The molecule has 0 saturated heterocycles. The highest BCUT2D eigenvalue weighted by Gasteiger charge is 2.26. The number of hydrogen-bond acceptors (Lipinski definition) is 2.